The highest BCUT2D eigenvalue weighted by molar-refractivity contribution is 5.99. The molecule has 1 aromatic rings. The van der Waals surface area contributed by atoms with Gasteiger partial charge in [0.2, 0.25) is 0 Å². The number of amidine groups is 1. The molecule has 0 saturated carbocycles. The van der Waals surface area contributed by atoms with Crippen LogP contribution in [0.1, 0.15) is 24.5 Å². The summed E-state index contributed by atoms with van der Waals surface area (Å²) in [6.07, 6.45) is 1.39. The van der Waals surface area contributed by atoms with E-state index in [2.05, 4.69) is 15.2 Å². The van der Waals surface area contributed by atoms with Crippen LogP contribution in [-0.2, 0) is 11.2 Å². The molecule has 0 aliphatic carbocycles. The zero-order valence-corrected chi connectivity index (χ0v) is 9.18. The Hall–Kier alpha value is -1.84. The van der Waals surface area contributed by atoms with Crippen LogP contribution in [0.25, 0.3) is 0 Å². The fraction of sp³-hybridized carbons (Fsp3) is 0.333. The van der Waals surface area contributed by atoms with Gasteiger partial charge >= 0.3 is 0 Å². The van der Waals surface area contributed by atoms with Crippen molar-refractivity contribution < 1.29 is 4.79 Å². The molecule has 0 atom stereocenters. The number of aryl methyl sites for hydroxylation is 1. The summed E-state index contributed by atoms with van der Waals surface area (Å²) in [5.41, 5.74) is 2.14. The van der Waals surface area contributed by atoms with E-state index < -0.39 is 0 Å². The van der Waals surface area contributed by atoms with Crippen LogP contribution in [0.2, 0.25) is 0 Å². The van der Waals surface area contributed by atoms with Crippen LogP contribution in [0.5, 0.6) is 0 Å². The second-order valence-corrected chi connectivity index (χ2v) is 3.76. The van der Waals surface area contributed by atoms with Crippen molar-refractivity contribution in [2.45, 2.75) is 19.8 Å². The average Bonchev–Trinajstić information content (AvgIpc) is 2.80. The Balaban J connectivity index is 2.04. The summed E-state index contributed by atoms with van der Waals surface area (Å²) in [5.74, 6) is 0.913. The van der Waals surface area contributed by atoms with Crippen LogP contribution in [0, 0.1) is 0 Å². The monoisotopic (exact) mass is 215 g/mol. The standard InChI is InChI=1S/C12H13N3O/c1-9(16)2-3-10-4-6-11(7-5-10)12-13-8-14-15-12/h4-7H,2-3,8H2,1H3. The topological polar surface area (TPSA) is 54.1 Å². The molecule has 0 radical (unpaired) electrons. The minimum atomic E-state index is 0.220. The summed E-state index contributed by atoms with van der Waals surface area (Å²) in [6.45, 7) is 2.05. The van der Waals surface area contributed by atoms with Crippen molar-refractivity contribution in [2.24, 2.45) is 15.2 Å². The van der Waals surface area contributed by atoms with E-state index in [1.165, 1.54) is 0 Å². The molecule has 1 aliphatic heterocycles. The number of aliphatic imine (C=N–C) groups is 1. The number of benzene rings is 1. The van der Waals surface area contributed by atoms with Gasteiger partial charge in [0, 0.05) is 12.0 Å². The number of nitrogens with zero attached hydrogens (tertiary/aromatic N) is 3. The molecule has 0 amide bonds. The molecule has 0 unspecified atom stereocenters. The van der Waals surface area contributed by atoms with Crippen molar-refractivity contribution in [2.75, 3.05) is 6.67 Å². The van der Waals surface area contributed by atoms with E-state index >= 15 is 0 Å². The van der Waals surface area contributed by atoms with Gasteiger partial charge in [0.25, 0.3) is 0 Å². The quantitative estimate of drug-likeness (QED) is 0.760. The van der Waals surface area contributed by atoms with Gasteiger partial charge in [-0.1, -0.05) is 24.3 Å². The predicted octanol–water partition coefficient (Wildman–Crippen LogP) is 2.38. The van der Waals surface area contributed by atoms with Crippen molar-refractivity contribution in [1.29, 1.82) is 0 Å². The Labute approximate surface area is 94.1 Å². The molecule has 1 aliphatic rings. The first-order valence-electron chi connectivity index (χ1n) is 5.26. The van der Waals surface area contributed by atoms with Crippen LogP contribution in [0.4, 0.5) is 0 Å². The van der Waals surface area contributed by atoms with Gasteiger partial charge in [-0.25, -0.2) is 4.99 Å². The fourth-order valence-corrected chi connectivity index (χ4v) is 1.52. The summed E-state index contributed by atoms with van der Waals surface area (Å²) in [7, 11) is 0. The minimum Gasteiger partial charge on any atom is -0.300 e. The van der Waals surface area contributed by atoms with Gasteiger partial charge in [-0.2, -0.15) is 5.11 Å². The number of carbonyl (C=O) groups is 1. The van der Waals surface area contributed by atoms with Crippen molar-refractivity contribution in [3.05, 3.63) is 35.4 Å². The molecule has 0 saturated heterocycles. The summed E-state index contributed by atoms with van der Waals surface area (Å²) >= 11 is 0. The first kappa shape index (κ1) is 10.7. The fourth-order valence-electron chi connectivity index (χ4n) is 1.52. The van der Waals surface area contributed by atoms with Crippen molar-refractivity contribution in [3.8, 4) is 0 Å². The Morgan fingerprint density at radius 1 is 1.31 bits per heavy atom. The Morgan fingerprint density at radius 2 is 2.06 bits per heavy atom. The van der Waals surface area contributed by atoms with E-state index in [0.717, 1.165) is 17.5 Å². The lowest BCUT2D eigenvalue weighted by Gasteiger charge is -2.01. The number of rotatable bonds is 4. The molecule has 82 valence electrons. The first-order chi connectivity index (χ1) is 7.75. The second-order valence-electron chi connectivity index (χ2n) is 3.76. The number of Topliss-reactive ketones (excluding diaryl/α,β-unsaturated/α-hetero) is 1. The third-order valence-corrected chi connectivity index (χ3v) is 2.43. The maximum Gasteiger partial charge on any atom is 0.178 e. The zero-order valence-electron chi connectivity index (χ0n) is 9.18. The van der Waals surface area contributed by atoms with Crippen molar-refractivity contribution in [1.82, 2.24) is 0 Å². The summed E-state index contributed by atoms with van der Waals surface area (Å²) in [6, 6.07) is 7.96. The average molecular weight is 215 g/mol. The van der Waals surface area contributed by atoms with Gasteiger partial charge in [-0.05, 0) is 18.9 Å². The van der Waals surface area contributed by atoms with Gasteiger partial charge in [0.15, 0.2) is 12.5 Å². The molecule has 2 rings (SSSR count). The van der Waals surface area contributed by atoms with Gasteiger partial charge in [0.1, 0.15) is 5.78 Å². The van der Waals surface area contributed by atoms with Gasteiger partial charge < -0.3 is 4.79 Å². The van der Waals surface area contributed by atoms with Gasteiger partial charge in [-0.3, -0.25) is 0 Å². The molecular weight excluding hydrogens is 202 g/mol. The maximum absolute atomic E-state index is 10.8. The minimum absolute atomic E-state index is 0.220. The van der Waals surface area contributed by atoms with Crippen LogP contribution < -0.4 is 0 Å². The van der Waals surface area contributed by atoms with Crippen LogP contribution >= 0.6 is 0 Å². The van der Waals surface area contributed by atoms with E-state index in [1.54, 1.807) is 6.92 Å². The number of hydrogen-bond donors (Lipinski definition) is 0. The Morgan fingerprint density at radius 3 is 2.62 bits per heavy atom. The Kier molecular flexibility index (Phi) is 3.19. The summed E-state index contributed by atoms with van der Waals surface area (Å²) in [5, 5.41) is 7.73. The van der Waals surface area contributed by atoms with Crippen LogP contribution in [0.15, 0.2) is 39.5 Å². The predicted molar refractivity (Wildman–Crippen MR) is 61.7 cm³/mol. The highest BCUT2D eigenvalue weighted by Crippen LogP contribution is 2.11. The lowest BCUT2D eigenvalue weighted by Crippen LogP contribution is -1.96. The maximum atomic E-state index is 10.8. The van der Waals surface area contributed by atoms with E-state index in [-0.39, 0.29) is 5.78 Å². The van der Waals surface area contributed by atoms with Crippen molar-refractivity contribution >= 4 is 11.6 Å². The second kappa shape index (κ2) is 4.79. The molecule has 0 aromatic heterocycles. The lowest BCUT2D eigenvalue weighted by molar-refractivity contribution is -0.116. The molecule has 4 nitrogen and oxygen atoms in total. The highest BCUT2D eigenvalue weighted by Gasteiger charge is 2.05. The molecule has 0 bridgehead atoms. The van der Waals surface area contributed by atoms with Crippen molar-refractivity contribution in [3.63, 3.8) is 0 Å². The molecule has 4 heteroatoms. The van der Waals surface area contributed by atoms with Crippen LogP contribution in [0.3, 0.4) is 0 Å². The molecular formula is C12H13N3O. The Bertz CT molecular complexity index is 446. The molecule has 0 N–H and O–H groups in total. The number of ketones is 1. The van der Waals surface area contributed by atoms with E-state index in [1.807, 2.05) is 24.3 Å². The normalized spacial score (nSPS) is 13.9. The molecule has 0 spiro atoms. The molecule has 16 heavy (non-hydrogen) atoms. The van der Waals surface area contributed by atoms with Gasteiger partial charge in [-0.15, -0.1) is 5.11 Å². The smallest absolute Gasteiger partial charge is 0.178 e. The third kappa shape index (κ3) is 2.59. The van der Waals surface area contributed by atoms with E-state index in [4.69, 9.17) is 0 Å². The van der Waals surface area contributed by atoms with E-state index in [0.29, 0.717) is 18.9 Å². The molecule has 1 heterocycles. The lowest BCUT2D eigenvalue weighted by atomic mass is 10.1. The summed E-state index contributed by atoms with van der Waals surface area (Å²) < 4.78 is 0. The molecule has 1 aromatic carbocycles. The third-order valence-electron chi connectivity index (χ3n) is 2.43. The first-order valence-corrected chi connectivity index (χ1v) is 5.26. The number of carbonyl (C=O) groups excluding carboxylic acids is 1. The summed E-state index contributed by atoms with van der Waals surface area (Å²) in [4.78, 5) is 15.0. The highest BCUT2D eigenvalue weighted by atomic mass is 16.1. The van der Waals surface area contributed by atoms with E-state index in [9.17, 15) is 4.79 Å². The number of azo groups is 1. The van der Waals surface area contributed by atoms with Gasteiger partial charge in [0.05, 0.1) is 0 Å². The zero-order chi connectivity index (χ0) is 11.4. The number of hydrogen-bond acceptors (Lipinski definition) is 4. The van der Waals surface area contributed by atoms with Crippen LogP contribution in [-0.4, -0.2) is 18.3 Å². The SMILES string of the molecule is CC(=O)CCc1ccc(C2=NCN=N2)cc1. The molecule has 0 fully saturated rings. The largest absolute Gasteiger partial charge is 0.300 e.